The second-order valence-electron chi connectivity index (χ2n) is 7.03. The number of hydrogen-bond acceptors (Lipinski definition) is 3. The van der Waals surface area contributed by atoms with Gasteiger partial charge in [-0.3, -0.25) is 9.69 Å². The van der Waals surface area contributed by atoms with Gasteiger partial charge in [0.1, 0.15) is 12.0 Å². The molecule has 1 heterocycles. The minimum absolute atomic E-state index is 0.219. The predicted octanol–water partition coefficient (Wildman–Crippen LogP) is 5.65. The first-order chi connectivity index (χ1) is 13.3. The van der Waals surface area contributed by atoms with E-state index in [1.807, 2.05) is 24.1 Å². The van der Waals surface area contributed by atoms with Crippen molar-refractivity contribution >= 4 is 45.8 Å². The number of amides is 1. The Balaban J connectivity index is 1.86. The highest BCUT2D eigenvalue weighted by atomic mass is 35.5. The second kappa shape index (κ2) is 8.53. The summed E-state index contributed by atoms with van der Waals surface area (Å²) in [6.45, 7) is 5.74. The van der Waals surface area contributed by atoms with Crippen LogP contribution in [0.2, 0.25) is 5.02 Å². The van der Waals surface area contributed by atoms with Gasteiger partial charge in [0.25, 0.3) is 0 Å². The first-order valence-corrected chi connectivity index (χ1v) is 10.4. The molecule has 1 fully saturated rings. The average molecular weight is 420 g/mol. The molecule has 3 rings (SSSR count). The number of aliphatic imine (C=N–C) groups is 1. The van der Waals surface area contributed by atoms with Crippen LogP contribution in [0.4, 0.5) is 15.8 Å². The molecule has 0 radical (unpaired) electrons. The van der Waals surface area contributed by atoms with E-state index in [1.54, 1.807) is 17.8 Å². The summed E-state index contributed by atoms with van der Waals surface area (Å²) >= 11 is 7.40. The monoisotopic (exact) mass is 419 g/mol. The fourth-order valence-corrected chi connectivity index (χ4v) is 4.43. The lowest BCUT2D eigenvalue weighted by atomic mass is 10.0. The van der Waals surface area contributed by atoms with Crippen LogP contribution in [-0.2, 0) is 4.79 Å². The third-order valence-electron chi connectivity index (χ3n) is 4.70. The molecule has 1 unspecified atom stereocenters. The van der Waals surface area contributed by atoms with Crippen LogP contribution in [0.5, 0.6) is 0 Å². The number of carbonyl (C=O) groups is 1. The maximum Gasteiger partial charge on any atom is 0.225 e. The van der Waals surface area contributed by atoms with Crippen LogP contribution >= 0.6 is 23.4 Å². The van der Waals surface area contributed by atoms with Gasteiger partial charge in [-0.15, -0.1) is 0 Å². The lowest BCUT2D eigenvalue weighted by Crippen LogP contribution is -2.48. The van der Waals surface area contributed by atoms with Gasteiger partial charge in [-0.25, -0.2) is 9.38 Å². The number of carbonyl (C=O) groups excluding carboxylic acids is 1. The molecule has 1 amide bonds. The summed E-state index contributed by atoms with van der Waals surface area (Å²) in [6, 6.07) is 12.5. The molecule has 1 aliphatic rings. The van der Waals surface area contributed by atoms with E-state index in [1.165, 1.54) is 29.5 Å². The van der Waals surface area contributed by atoms with E-state index in [-0.39, 0.29) is 17.8 Å². The summed E-state index contributed by atoms with van der Waals surface area (Å²) in [7, 11) is 1.87. The molecule has 0 saturated carbocycles. The molecule has 0 aromatic heterocycles. The average Bonchev–Trinajstić information content (AvgIpc) is 2.98. The van der Waals surface area contributed by atoms with Crippen molar-refractivity contribution in [1.82, 2.24) is 4.90 Å². The van der Waals surface area contributed by atoms with Gasteiger partial charge in [0.05, 0.1) is 11.4 Å². The van der Waals surface area contributed by atoms with E-state index in [2.05, 4.69) is 26.0 Å². The molecule has 7 heteroatoms. The Morgan fingerprint density at radius 1 is 1.29 bits per heavy atom. The van der Waals surface area contributed by atoms with Crippen molar-refractivity contribution in [3.63, 3.8) is 0 Å². The van der Waals surface area contributed by atoms with Gasteiger partial charge in [0, 0.05) is 24.7 Å². The van der Waals surface area contributed by atoms with Gasteiger partial charge >= 0.3 is 0 Å². The fraction of sp³-hybridized carbons (Fsp3) is 0.333. The Kier molecular flexibility index (Phi) is 6.30. The second-order valence-corrected chi connectivity index (χ2v) is 8.45. The molecule has 28 heavy (non-hydrogen) atoms. The zero-order valence-corrected chi connectivity index (χ0v) is 17.9. The number of anilines is 1. The quantitative estimate of drug-likeness (QED) is 0.642. The lowest BCUT2D eigenvalue weighted by molar-refractivity contribution is -0.117. The lowest BCUT2D eigenvalue weighted by Gasteiger charge is -2.33. The first kappa shape index (κ1) is 20.7. The Bertz CT molecular complexity index is 901. The van der Waals surface area contributed by atoms with Crippen LogP contribution in [0.3, 0.4) is 0 Å². The summed E-state index contributed by atoms with van der Waals surface area (Å²) < 4.78 is 14.5. The number of amidine groups is 1. The minimum Gasteiger partial charge on any atom is -0.333 e. The molecule has 1 atom stereocenters. The molecule has 148 valence electrons. The van der Waals surface area contributed by atoms with Crippen molar-refractivity contribution in [2.45, 2.75) is 32.9 Å². The maximum absolute atomic E-state index is 14.5. The third kappa shape index (κ3) is 4.33. The summed E-state index contributed by atoms with van der Waals surface area (Å²) in [6.07, 6.45) is -0.327. The van der Waals surface area contributed by atoms with Gasteiger partial charge in [-0.05, 0) is 41.8 Å². The van der Waals surface area contributed by atoms with Crippen LogP contribution in [0.1, 0.15) is 32.3 Å². The van der Waals surface area contributed by atoms with Crippen LogP contribution in [0, 0.1) is 5.82 Å². The van der Waals surface area contributed by atoms with E-state index in [9.17, 15) is 9.18 Å². The molecule has 0 N–H and O–H groups in total. The molecule has 1 saturated heterocycles. The Hall–Kier alpha value is -2.05. The van der Waals surface area contributed by atoms with Crippen molar-refractivity contribution in [3.05, 3.63) is 58.9 Å². The Morgan fingerprint density at radius 3 is 2.54 bits per heavy atom. The van der Waals surface area contributed by atoms with Gasteiger partial charge in [-0.1, -0.05) is 49.3 Å². The van der Waals surface area contributed by atoms with Crippen molar-refractivity contribution in [3.8, 4) is 0 Å². The highest BCUT2D eigenvalue weighted by Gasteiger charge is 2.35. The minimum atomic E-state index is -0.518. The van der Waals surface area contributed by atoms with E-state index < -0.39 is 5.82 Å². The summed E-state index contributed by atoms with van der Waals surface area (Å²) in [5.41, 5.74) is 2.33. The summed E-state index contributed by atoms with van der Waals surface area (Å²) in [5, 5.41) is 1.09. The SMILES string of the molecule is CC(=O)N(c1ccc(Cl)cc1F)C1CSC(=Nc2ccc(C(C)C)cc2)N1C. The molecule has 2 aromatic carbocycles. The van der Waals surface area contributed by atoms with E-state index in [4.69, 9.17) is 16.6 Å². The molecular weight excluding hydrogens is 397 g/mol. The topological polar surface area (TPSA) is 35.9 Å². The number of nitrogens with zero attached hydrogens (tertiary/aromatic N) is 3. The Labute approximate surface area is 174 Å². The van der Waals surface area contributed by atoms with E-state index >= 15 is 0 Å². The molecule has 4 nitrogen and oxygen atoms in total. The maximum atomic E-state index is 14.5. The largest absolute Gasteiger partial charge is 0.333 e. The number of hydrogen-bond donors (Lipinski definition) is 0. The number of halogens is 2. The summed E-state index contributed by atoms with van der Waals surface area (Å²) in [5.74, 6) is 0.311. The van der Waals surface area contributed by atoms with Gasteiger partial charge in [-0.2, -0.15) is 0 Å². The zero-order chi connectivity index (χ0) is 20.4. The Morgan fingerprint density at radius 2 is 1.96 bits per heavy atom. The van der Waals surface area contributed by atoms with Crippen LogP contribution in [0.15, 0.2) is 47.5 Å². The van der Waals surface area contributed by atoms with E-state index in [0.717, 1.165) is 10.9 Å². The molecular formula is C21H23ClFN3OS. The number of benzene rings is 2. The van der Waals surface area contributed by atoms with Gasteiger partial charge in [0.15, 0.2) is 5.17 Å². The molecule has 1 aliphatic heterocycles. The van der Waals surface area contributed by atoms with Crippen LogP contribution in [0.25, 0.3) is 0 Å². The standard InChI is InChI=1S/C21H23ClFN3OS/c1-13(2)15-5-8-17(9-6-15)24-21-25(4)20(12-28-21)26(14(3)27)19-10-7-16(22)11-18(19)23/h5-11,13,20H,12H2,1-4H3. The van der Waals surface area contributed by atoms with Crippen molar-refractivity contribution in [1.29, 1.82) is 0 Å². The molecule has 0 spiro atoms. The zero-order valence-electron chi connectivity index (χ0n) is 16.3. The fourth-order valence-electron chi connectivity index (χ4n) is 3.11. The third-order valence-corrected chi connectivity index (χ3v) is 6.04. The van der Waals surface area contributed by atoms with Crippen molar-refractivity contribution in [2.24, 2.45) is 4.99 Å². The predicted molar refractivity (Wildman–Crippen MR) is 116 cm³/mol. The highest BCUT2D eigenvalue weighted by molar-refractivity contribution is 8.14. The van der Waals surface area contributed by atoms with Gasteiger partial charge < -0.3 is 4.90 Å². The number of thioether (sulfide) groups is 1. The normalized spacial score (nSPS) is 18.2. The first-order valence-electron chi connectivity index (χ1n) is 9.07. The molecule has 0 aliphatic carbocycles. The van der Waals surface area contributed by atoms with Crippen molar-refractivity contribution < 1.29 is 9.18 Å². The van der Waals surface area contributed by atoms with Gasteiger partial charge in [0.2, 0.25) is 5.91 Å². The van der Waals surface area contributed by atoms with Crippen LogP contribution < -0.4 is 4.90 Å². The number of rotatable bonds is 4. The smallest absolute Gasteiger partial charge is 0.225 e. The van der Waals surface area contributed by atoms with E-state index in [0.29, 0.717) is 16.7 Å². The van der Waals surface area contributed by atoms with Crippen molar-refractivity contribution in [2.75, 3.05) is 17.7 Å². The molecule has 2 aromatic rings. The highest BCUT2D eigenvalue weighted by Crippen LogP contribution is 2.33. The molecule has 0 bridgehead atoms. The van der Waals surface area contributed by atoms with Crippen LogP contribution in [-0.4, -0.2) is 34.9 Å². The summed E-state index contributed by atoms with van der Waals surface area (Å²) in [4.78, 5) is 20.4.